The third kappa shape index (κ3) is 3.90. The highest BCUT2D eigenvalue weighted by molar-refractivity contribution is 7.91. The zero-order valence-electron chi connectivity index (χ0n) is 15.3. The molecule has 2 aromatic rings. The van der Waals surface area contributed by atoms with Gasteiger partial charge in [0, 0.05) is 37.4 Å². The zero-order chi connectivity index (χ0) is 18.7. The molecule has 4 nitrogen and oxygen atoms in total. The molecule has 1 saturated heterocycles. The number of sulfone groups is 1. The molecule has 1 fully saturated rings. The molecule has 0 bridgehead atoms. The molecule has 0 aliphatic carbocycles. The van der Waals surface area contributed by atoms with Crippen LogP contribution in [0.3, 0.4) is 0 Å². The van der Waals surface area contributed by atoms with E-state index in [0.717, 1.165) is 49.5 Å². The van der Waals surface area contributed by atoms with Crippen molar-refractivity contribution in [2.45, 2.75) is 18.7 Å². The molecule has 0 spiro atoms. The smallest absolute Gasteiger partial charge is 0.179 e. The van der Waals surface area contributed by atoms with Crippen LogP contribution in [0.4, 0.5) is 5.69 Å². The second kappa shape index (κ2) is 7.99. The predicted octanol–water partition coefficient (Wildman–Crippen LogP) is 3.94. The summed E-state index contributed by atoms with van der Waals surface area (Å²) in [5, 5.41) is 0.314. The maximum atomic E-state index is 12.6. The van der Waals surface area contributed by atoms with Gasteiger partial charge in [-0.15, -0.1) is 0 Å². The van der Waals surface area contributed by atoms with Crippen molar-refractivity contribution in [3.8, 4) is 11.1 Å². The maximum absolute atomic E-state index is 12.6. The number of likely N-dealkylation sites (N-methyl/N-ethyl adjacent to an activating group) is 1. The Kier molecular flexibility index (Phi) is 5.90. The number of anilines is 1. The summed E-state index contributed by atoms with van der Waals surface area (Å²) in [6.07, 6.45) is 0. The van der Waals surface area contributed by atoms with Crippen molar-refractivity contribution >= 4 is 27.1 Å². The average Bonchev–Trinajstić information content (AvgIpc) is 2.69. The summed E-state index contributed by atoms with van der Waals surface area (Å²) in [4.78, 5) is 4.88. The molecule has 1 aliphatic rings. The summed E-state index contributed by atoms with van der Waals surface area (Å²) in [5.74, 6) is 0.0357. The molecule has 26 heavy (non-hydrogen) atoms. The van der Waals surface area contributed by atoms with Gasteiger partial charge >= 0.3 is 0 Å². The molecular weight excluding hydrogens is 368 g/mol. The molecule has 0 saturated carbocycles. The Hall–Kier alpha value is -1.56. The van der Waals surface area contributed by atoms with Crippen LogP contribution < -0.4 is 4.90 Å². The van der Waals surface area contributed by atoms with Gasteiger partial charge in [-0.2, -0.15) is 0 Å². The summed E-state index contributed by atoms with van der Waals surface area (Å²) in [6, 6.07) is 13.5. The van der Waals surface area contributed by atoms with Crippen LogP contribution in [0.2, 0.25) is 5.02 Å². The van der Waals surface area contributed by atoms with E-state index >= 15 is 0 Å². The van der Waals surface area contributed by atoms with Crippen molar-refractivity contribution in [1.29, 1.82) is 0 Å². The van der Waals surface area contributed by atoms with Gasteiger partial charge < -0.3 is 9.80 Å². The maximum Gasteiger partial charge on any atom is 0.179 e. The van der Waals surface area contributed by atoms with Gasteiger partial charge in [0.05, 0.1) is 15.7 Å². The first-order valence-electron chi connectivity index (χ1n) is 9.05. The van der Waals surface area contributed by atoms with E-state index in [1.54, 1.807) is 13.0 Å². The van der Waals surface area contributed by atoms with E-state index in [1.807, 2.05) is 36.4 Å². The molecule has 0 unspecified atom stereocenters. The van der Waals surface area contributed by atoms with Crippen molar-refractivity contribution in [1.82, 2.24) is 4.90 Å². The highest BCUT2D eigenvalue weighted by Gasteiger charge is 2.24. The van der Waals surface area contributed by atoms with Gasteiger partial charge in [0.15, 0.2) is 9.84 Å². The fraction of sp³-hybridized carbons (Fsp3) is 0.400. The second-order valence-electron chi connectivity index (χ2n) is 6.50. The fourth-order valence-corrected chi connectivity index (χ4v) is 4.86. The van der Waals surface area contributed by atoms with E-state index in [1.165, 1.54) is 0 Å². The fourth-order valence-electron chi connectivity index (χ4n) is 3.30. The van der Waals surface area contributed by atoms with E-state index in [4.69, 9.17) is 11.6 Å². The first-order chi connectivity index (χ1) is 12.5. The highest BCUT2D eigenvalue weighted by Crippen LogP contribution is 2.38. The Balaban J connectivity index is 2.09. The lowest BCUT2D eigenvalue weighted by molar-refractivity contribution is 0.271. The zero-order valence-corrected chi connectivity index (χ0v) is 16.9. The van der Waals surface area contributed by atoms with Crippen LogP contribution in [0, 0.1) is 0 Å². The normalized spacial score (nSPS) is 16.0. The van der Waals surface area contributed by atoms with Crippen LogP contribution in [0.5, 0.6) is 0 Å². The number of hydrogen-bond acceptors (Lipinski definition) is 4. The van der Waals surface area contributed by atoms with E-state index in [-0.39, 0.29) is 10.6 Å². The highest BCUT2D eigenvalue weighted by atomic mass is 35.5. The summed E-state index contributed by atoms with van der Waals surface area (Å²) in [5.41, 5.74) is 2.63. The lowest BCUT2D eigenvalue weighted by atomic mass is 10.0. The number of hydrogen-bond donors (Lipinski definition) is 0. The first-order valence-corrected chi connectivity index (χ1v) is 11.1. The summed E-state index contributed by atoms with van der Waals surface area (Å²) >= 11 is 6.56. The van der Waals surface area contributed by atoms with Crippen LogP contribution in [-0.4, -0.2) is 51.8 Å². The van der Waals surface area contributed by atoms with Crippen molar-refractivity contribution in [2.24, 2.45) is 0 Å². The Labute approximate surface area is 161 Å². The Morgan fingerprint density at radius 3 is 2.23 bits per heavy atom. The van der Waals surface area contributed by atoms with Gasteiger partial charge in [0.1, 0.15) is 0 Å². The van der Waals surface area contributed by atoms with E-state index in [0.29, 0.717) is 5.02 Å². The lowest BCUT2D eigenvalue weighted by Gasteiger charge is -2.36. The molecule has 0 amide bonds. The summed E-state index contributed by atoms with van der Waals surface area (Å²) in [6.45, 7) is 8.59. The topological polar surface area (TPSA) is 40.6 Å². The Bertz CT molecular complexity index is 861. The Morgan fingerprint density at radius 2 is 1.65 bits per heavy atom. The molecular formula is C20H25ClN2O2S. The number of halogens is 1. The van der Waals surface area contributed by atoms with E-state index < -0.39 is 9.84 Å². The van der Waals surface area contributed by atoms with E-state index in [9.17, 15) is 8.42 Å². The van der Waals surface area contributed by atoms with Crippen molar-refractivity contribution < 1.29 is 8.42 Å². The number of piperazine rings is 1. The number of rotatable bonds is 5. The van der Waals surface area contributed by atoms with Crippen LogP contribution in [-0.2, 0) is 9.84 Å². The second-order valence-corrected chi connectivity index (χ2v) is 9.12. The largest absolute Gasteiger partial charge is 0.369 e. The van der Waals surface area contributed by atoms with Crippen LogP contribution in [0.25, 0.3) is 11.1 Å². The molecule has 2 aromatic carbocycles. The monoisotopic (exact) mass is 392 g/mol. The molecule has 6 heteroatoms. The summed E-state index contributed by atoms with van der Waals surface area (Å²) < 4.78 is 25.3. The predicted molar refractivity (Wildman–Crippen MR) is 109 cm³/mol. The van der Waals surface area contributed by atoms with Crippen LogP contribution >= 0.6 is 11.6 Å². The Morgan fingerprint density at radius 1 is 1.00 bits per heavy atom. The van der Waals surface area contributed by atoms with Crippen molar-refractivity contribution in [3.63, 3.8) is 0 Å². The van der Waals surface area contributed by atoms with Gasteiger partial charge in [-0.1, -0.05) is 55.8 Å². The molecule has 1 heterocycles. The van der Waals surface area contributed by atoms with Gasteiger partial charge in [0.25, 0.3) is 0 Å². The number of benzene rings is 2. The quantitative estimate of drug-likeness (QED) is 0.772. The van der Waals surface area contributed by atoms with Gasteiger partial charge in [-0.3, -0.25) is 0 Å². The SMILES string of the molecule is CCN1CCN(c2cc(-c3ccccc3)c(Cl)c(S(=O)(=O)CC)c2)CC1. The molecule has 0 aromatic heterocycles. The van der Waals surface area contributed by atoms with Crippen molar-refractivity contribution in [3.05, 3.63) is 47.5 Å². The molecule has 1 aliphatic heterocycles. The molecule has 0 radical (unpaired) electrons. The van der Waals surface area contributed by atoms with Crippen LogP contribution in [0.1, 0.15) is 13.8 Å². The van der Waals surface area contributed by atoms with Gasteiger partial charge in [-0.25, -0.2) is 8.42 Å². The van der Waals surface area contributed by atoms with Gasteiger partial charge in [0.2, 0.25) is 0 Å². The third-order valence-corrected chi connectivity index (χ3v) is 7.28. The molecule has 3 rings (SSSR count). The lowest BCUT2D eigenvalue weighted by Crippen LogP contribution is -2.46. The minimum absolute atomic E-state index is 0.0357. The standard InChI is InChI=1S/C20H25ClN2O2S/c1-3-22-10-12-23(13-11-22)17-14-18(16-8-6-5-7-9-16)20(21)19(15-17)26(24,25)4-2/h5-9,14-15H,3-4,10-13H2,1-2H3. The van der Waals surface area contributed by atoms with Gasteiger partial charge in [-0.05, 0) is 24.2 Å². The van der Waals surface area contributed by atoms with Crippen LogP contribution in [0.15, 0.2) is 47.4 Å². The first kappa shape index (κ1) is 19.2. The summed E-state index contributed by atoms with van der Waals surface area (Å²) in [7, 11) is -3.40. The molecule has 0 atom stereocenters. The van der Waals surface area contributed by atoms with Crippen molar-refractivity contribution in [2.75, 3.05) is 43.4 Å². The number of nitrogens with zero attached hydrogens (tertiary/aromatic N) is 2. The van der Waals surface area contributed by atoms with E-state index in [2.05, 4.69) is 16.7 Å². The average molecular weight is 393 g/mol. The third-order valence-electron chi connectivity index (χ3n) is 5.01. The minimum Gasteiger partial charge on any atom is -0.369 e. The molecule has 0 N–H and O–H groups in total. The molecule has 140 valence electrons. The minimum atomic E-state index is -3.40.